The van der Waals surface area contributed by atoms with Crippen molar-refractivity contribution in [2.75, 3.05) is 13.2 Å². The first-order valence-corrected chi connectivity index (χ1v) is 6.99. The Bertz CT molecular complexity index is 589. The molecule has 1 aliphatic carbocycles. The standard InChI is InChI=1S/C15H16FNO4/c16-12-2-1-3-13-11(12)8-17(6-7-21-13)14(18)9-4-5-10(9)15(19)20/h1-3,9-10H,4-8H2,(H,19,20). The minimum absolute atomic E-state index is 0.129. The molecule has 1 fully saturated rings. The van der Waals surface area contributed by atoms with Gasteiger partial charge in [0.25, 0.3) is 0 Å². The third kappa shape index (κ3) is 2.46. The Morgan fingerprint density at radius 2 is 2.05 bits per heavy atom. The molecule has 1 aliphatic heterocycles. The van der Waals surface area contributed by atoms with Crippen molar-refractivity contribution in [1.29, 1.82) is 0 Å². The molecule has 1 saturated carbocycles. The van der Waals surface area contributed by atoms with Crippen LogP contribution < -0.4 is 4.74 Å². The summed E-state index contributed by atoms with van der Waals surface area (Å²) < 4.78 is 19.3. The maximum atomic E-state index is 13.9. The van der Waals surface area contributed by atoms with Crippen LogP contribution in [0.4, 0.5) is 4.39 Å². The van der Waals surface area contributed by atoms with E-state index in [1.54, 1.807) is 12.1 Å². The van der Waals surface area contributed by atoms with Gasteiger partial charge in [-0.3, -0.25) is 9.59 Å². The summed E-state index contributed by atoms with van der Waals surface area (Å²) in [5.74, 6) is -2.20. The summed E-state index contributed by atoms with van der Waals surface area (Å²) in [6.07, 6.45) is 1.11. The predicted octanol–water partition coefficient (Wildman–Crippen LogP) is 1.66. The fraction of sp³-hybridized carbons (Fsp3) is 0.467. The molecule has 2 aliphatic rings. The topological polar surface area (TPSA) is 66.8 Å². The molecule has 21 heavy (non-hydrogen) atoms. The van der Waals surface area contributed by atoms with E-state index in [1.165, 1.54) is 11.0 Å². The molecule has 112 valence electrons. The van der Waals surface area contributed by atoms with Crippen LogP contribution in [0.15, 0.2) is 18.2 Å². The van der Waals surface area contributed by atoms with Crippen LogP contribution in [0.2, 0.25) is 0 Å². The highest BCUT2D eigenvalue weighted by molar-refractivity contribution is 5.86. The predicted molar refractivity (Wildman–Crippen MR) is 71.2 cm³/mol. The highest BCUT2D eigenvalue weighted by atomic mass is 19.1. The van der Waals surface area contributed by atoms with E-state index >= 15 is 0 Å². The Hall–Kier alpha value is -2.11. The fourth-order valence-electron chi connectivity index (χ4n) is 2.88. The van der Waals surface area contributed by atoms with Crippen molar-refractivity contribution in [2.45, 2.75) is 19.4 Å². The van der Waals surface area contributed by atoms with Crippen molar-refractivity contribution in [3.63, 3.8) is 0 Å². The first-order valence-electron chi connectivity index (χ1n) is 6.99. The molecule has 0 saturated heterocycles. The van der Waals surface area contributed by atoms with E-state index in [0.717, 1.165) is 0 Å². The van der Waals surface area contributed by atoms with Gasteiger partial charge in [-0.05, 0) is 25.0 Å². The Labute approximate surface area is 121 Å². The van der Waals surface area contributed by atoms with Gasteiger partial charge in [0.1, 0.15) is 18.2 Å². The molecule has 1 amide bonds. The summed E-state index contributed by atoms with van der Waals surface area (Å²) in [5, 5.41) is 9.05. The quantitative estimate of drug-likeness (QED) is 0.900. The number of carbonyl (C=O) groups is 2. The van der Waals surface area contributed by atoms with Crippen molar-refractivity contribution in [2.24, 2.45) is 11.8 Å². The molecule has 0 aromatic heterocycles. The highest BCUT2D eigenvalue weighted by Gasteiger charge is 2.43. The normalized spacial score (nSPS) is 24.3. The average Bonchev–Trinajstić information content (AvgIpc) is 2.60. The number of carbonyl (C=O) groups excluding carboxylic acids is 1. The SMILES string of the molecule is O=C(O)C1CCC1C(=O)N1CCOc2cccc(F)c2C1. The van der Waals surface area contributed by atoms with Crippen LogP contribution in [-0.2, 0) is 16.1 Å². The van der Waals surface area contributed by atoms with E-state index in [0.29, 0.717) is 30.7 Å². The number of amides is 1. The first kappa shape index (κ1) is 13.9. The molecule has 1 aromatic carbocycles. The second-order valence-electron chi connectivity index (χ2n) is 5.45. The largest absolute Gasteiger partial charge is 0.491 e. The van der Waals surface area contributed by atoms with E-state index in [9.17, 15) is 14.0 Å². The number of hydrogen-bond donors (Lipinski definition) is 1. The lowest BCUT2D eigenvalue weighted by Crippen LogP contribution is -2.46. The summed E-state index contributed by atoms with van der Waals surface area (Å²) in [7, 11) is 0. The van der Waals surface area contributed by atoms with Crippen LogP contribution in [0, 0.1) is 17.7 Å². The van der Waals surface area contributed by atoms with Crippen LogP contribution >= 0.6 is 0 Å². The second kappa shape index (κ2) is 5.35. The maximum Gasteiger partial charge on any atom is 0.307 e. The maximum absolute atomic E-state index is 13.9. The van der Waals surface area contributed by atoms with Crippen molar-refractivity contribution >= 4 is 11.9 Å². The lowest BCUT2D eigenvalue weighted by Gasteiger charge is -2.35. The highest BCUT2D eigenvalue weighted by Crippen LogP contribution is 2.37. The number of hydrogen-bond acceptors (Lipinski definition) is 3. The number of nitrogens with zero attached hydrogens (tertiary/aromatic N) is 1. The minimum Gasteiger partial charge on any atom is -0.491 e. The third-order valence-corrected chi connectivity index (χ3v) is 4.26. The number of fused-ring (bicyclic) bond motifs is 1. The Kier molecular flexibility index (Phi) is 3.53. The molecular formula is C15H16FNO4. The number of ether oxygens (including phenoxy) is 1. The molecule has 0 radical (unpaired) electrons. The van der Waals surface area contributed by atoms with Crippen LogP contribution in [0.1, 0.15) is 18.4 Å². The lowest BCUT2D eigenvalue weighted by atomic mass is 9.73. The molecule has 0 bridgehead atoms. The van der Waals surface area contributed by atoms with Gasteiger partial charge in [-0.15, -0.1) is 0 Å². The monoisotopic (exact) mass is 293 g/mol. The molecule has 2 unspecified atom stereocenters. The van der Waals surface area contributed by atoms with E-state index in [-0.39, 0.29) is 19.1 Å². The van der Waals surface area contributed by atoms with Crippen molar-refractivity contribution in [3.05, 3.63) is 29.6 Å². The molecule has 1 heterocycles. The van der Waals surface area contributed by atoms with Crippen molar-refractivity contribution in [1.82, 2.24) is 4.90 Å². The van der Waals surface area contributed by atoms with Gasteiger partial charge >= 0.3 is 5.97 Å². The average molecular weight is 293 g/mol. The van der Waals surface area contributed by atoms with Gasteiger partial charge < -0.3 is 14.7 Å². The van der Waals surface area contributed by atoms with Crippen LogP contribution in [0.5, 0.6) is 5.75 Å². The number of halogens is 1. The van der Waals surface area contributed by atoms with Gasteiger partial charge in [0.15, 0.2) is 0 Å². The molecule has 1 N–H and O–H groups in total. The van der Waals surface area contributed by atoms with Gasteiger partial charge in [-0.1, -0.05) is 6.07 Å². The van der Waals surface area contributed by atoms with E-state index in [1.807, 2.05) is 0 Å². The van der Waals surface area contributed by atoms with Crippen molar-refractivity contribution in [3.8, 4) is 5.75 Å². The first-order chi connectivity index (χ1) is 10.1. The molecule has 3 rings (SSSR count). The molecule has 0 spiro atoms. The van der Waals surface area contributed by atoms with E-state index in [4.69, 9.17) is 9.84 Å². The van der Waals surface area contributed by atoms with Crippen LogP contribution in [0.3, 0.4) is 0 Å². The summed E-state index contributed by atoms with van der Waals surface area (Å²) in [6.45, 7) is 0.756. The van der Waals surface area contributed by atoms with E-state index < -0.39 is 23.6 Å². The Morgan fingerprint density at radius 1 is 1.29 bits per heavy atom. The summed E-state index contributed by atoms with van der Waals surface area (Å²) in [4.78, 5) is 25.0. The zero-order valence-electron chi connectivity index (χ0n) is 11.4. The van der Waals surface area contributed by atoms with Gasteiger partial charge in [0.2, 0.25) is 5.91 Å². The summed E-state index contributed by atoms with van der Waals surface area (Å²) in [5.41, 5.74) is 0.356. The smallest absolute Gasteiger partial charge is 0.307 e. The Morgan fingerprint density at radius 3 is 2.71 bits per heavy atom. The zero-order chi connectivity index (χ0) is 15.0. The number of rotatable bonds is 2. The van der Waals surface area contributed by atoms with Gasteiger partial charge in [0.05, 0.1) is 24.9 Å². The number of benzene rings is 1. The number of carboxylic acid groups (broad SMARTS) is 1. The Balaban J connectivity index is 1.79. The summed E-state index contributed by atoms with van der Waals surface area (Å²) in [6, 6.07) is 4.58. The lowest BCUT2D eigenvalue weighted by molar-refractivity contribution is -0.157. The van der Waals surface area contributed by atoms with Gasteiger partial charge in [0, 0.05) is 5.56 Å². The van der Waals surface area contributed by atoms with Gasteiger partial charge in [-0.25, -0.2) is 4.39 Å². The molecular weight excluding hydrogens is 277 g/mol. The zero-order valence-corrected chi connectivity index (χ0v) is 11.4. The minimum atomic E-state index is -0.933. The molecule has 6 heteroatoms. The van der Waals surface area contributed by atoms with Gasteiger partial charge in [-0.2, -0.15) is 0 Å². The third-order valence-electron chi connectivity index (χ3n) is 4.26. The summed E-state index contributed by atoms with van der Waals surface area (Å²) >= 11 is 0. The van der Waals surface area contributed by atoms with Crippen molar-refractivity contribution < 1.29 is 23.8 Å². The van der Waals surface area contributed by atoms with Crippen LogP contribution in [0.25, 0.3) is 0 Å². The molecule has 1 aromatic rings. The van der Waals surface area contributed by atoms with E-state index in [2.05, 4.69) is 0 Å². The second-order valence-corrected chi connectivity index (χ2v) is 5.45. The molecule has 2 atom stereocenters. The number of carboxylic acids is 1. The molecule has 5 nitrogen and oxygen atoms in total. The number of aliphatic carboxylic acids is 1. The fourth-order valence-corrected chi connectivity index (χ4v) is 2.88. The van der Waals surface area contributed by atoms with Crippen LogP contribution in [-0.4, -0.2) is 35.0 Å².